The van der Waals surface area contributed by atoms with Gasteiger partial charge in [0.2, 0.25) is 5.95 Å². The molecule has 246 valence electrons. The molecule has 0 spiro atoms. The second-order valence-electron chi connectivity index (χ2n) is 13.8. The zero-order valence-corrected chi connectivity index (χ0v) is 28.4. The van der Waals surface area contributed by atoms with Crippen LogP contribution in [0.1, 0.15) is 0 Å². The first-order valence-electron chi connectivity index (χ1n) is 17.9. The van der Waals surface area contributed by atoms with Gasteiger partial charge in [0.25, 0.3) is 0 Å². The summed E-state index contributed by atoms with van der Waals surface area (Å²) in [4.78, 5) is 10.7. The topological polar surface area (TPSA) is 48.8 Å². The van der Waals surface area contributed by atoms with Crippen LogP contribution >= 0.6 is 0 Å². The minimum atomic E-state index is 0.623. The zero-order valence-electron chi connectivity index (χ0n) is 28.4. The maximum absolute atomic E-state index is 6.34. The van der Waals surface area contributed by atoms with Crippen molar-refractivity contribution in [3.8, 4) is 22.9 Å². The Balaban J connectivity index is 1.18. The van der Waals surface area contributed by atoms with Gasteiger partial charge in [-0.25, -0.2) is 9.97 Å². The lowest BCUT2D eigenvalue weighted by atomic mass is 10.0. The predicted octanol–water partition coefficient (Wildman–Crippen LogP) is 12.5. The fraction of sp³-hybridized carbons (Fsp3) is 0. The van der Waals surface area contributed by atoms with Crippen molar-refractivity contribution in [2.24, 2.45) is 0 Å². The van der Waals surface area contributed by atoms with Gasteiger partial charge in [-0.3, -0.25) is 4.57 Å². The summed E-state index contributed by atoms with van der Waals surface area (Å²) in [6.07, 6.45) is 0. The van der Waals surface area contributed by atoms with Crippen molar-refractivity contribution < 1.29 is 4.42 Å². The van der Waals surface area contributed by atoms with Crippen LogP contribution in [0.15, 0.2) is 174 Å². The number of nitrogens with zero attached hydrogens (tertiary/aromatic N) is 4. The Kier molecular flexibility index (Phi) is 5.71. The Bertz CT molecular complexity index is 3420. The maximum Gasteiger partial charge on any atom is 0.235 e. The molecule has 5 nitrogen and oxygen atoms in total. The standard InChI is InChI=1S/C48H28N4O/c1-2-12-32-29(11-1)22-26-42-46(32)38-25-23-31(51-40-18-8-4-13-33(40)34-14-5-9-19-41(34)51)28-43(38)52(42)48-49-39-17-7-3-16-37(39)47(50-48)30-21-24-36-35-15-6-10-20-44(35)53-45(36)27-30/h1-28H. The molecule has 53 heavy (non-hydrogen) atoms. The summed E-state index contributed by atoms with van der Waals surface area (Å²) in [5.74, 6) is 0.623. The third-order valence-electron chi connectivity index (χ3n) is 10.9. The molecule has 0 aliphatic rings. The van der Waals surface area contributed by atoms with Gasteiger partial charge in [-0.2, -0.15) is 0 Å². The van der Waals surface area contributed by atoms with Crippen molar-refractivity contribution in [3.63, 3.8) is 0 Å². The highest BCUT2D eigenvalue weighted by Gasteiger charge is 2.21. The van der Waals surface area contributed by atoms with Crippen LogP contribution in [0.2, 0.25) is 0 Å². The molecular weight excluding hydrogens is 649 g/mol. The summed E-state index contributed by atoms with van der Waals surface area (Å²) in [7, 11) is 0. The molecule has 0 N–H and O–H groups in total. The first kappa shape index (κ1) is 28.5. The Morgan fingerprint density at radius 3 is 1.89 bits per heavy atom. The van der Waals surface area contributed by atoms with Gasteiger partial charge in [-0.15, -0.1) is 0 Å². The Morgan fingerprint density at radius 2 is 1.06 bits per heavy atom. The average Bonchev–Trinajstić information content (AvgIpc) is 3.87. The molecule has 0 aliphatic heterocycles. The number of hydrogen-bond donors (Lipinski definition) is 0. The normalized spacial score (nSPS) is 12.2. The van der Waals surface area contributed by atoms with Crippen molar-refractivity contribution >= 4 is 87.2 Å². The summed E-state index contributed by atoms with van der Waals surface area (Å²) in [5.41, 5.74) is 9.98. The predicted molar refractivity (Wildman–Crippen MR) is 218 cm³/mol. The van der Waals surface area contributed by atoms with Gasteiger partial charge in [0.15, 0.2) is 0 Å². The molecule has 0 aliphatic carbocycles. The molecule has 0 unspecified atom stereocenters. The van der Waals surface area contributed by atoms with E-state index < -0.39 is 0 Å². The molecule has 4 aromatic heterocycles. The third-order valence-corrected chi connectivity index (χ3v) is 10.9. The zero-order chi connectivity index (χ0) is 34.6. The summed E-state index contributed by atoms with van der Waals surface area (Å²) in [5, 5.41) is 10.4. The fourth-order valence-corrected chi connectivity index (χ4v) is 8.59. The van der Waals surface area contributed by atoms with Gasteiger partial charge in [0.1, 0.15) is 11.2 Å². The number of fused-ring (bicyclic) bond motifs is 12. The SMILES string of the molecule is c1ccc2c(c1)ccc1c2c2ccc(-n3c4ccccc4c4ccccc43)cc2n1-c1nc(-c2ccc3c(c2)oc2ccccc23)c2ccccc2n1. The van der Waals surface area contributed by atoms with Gasteiger partial charge in [-0.1, -0.05) is 115 Å². The van der Waals surface area contributed by atoms with E-state index in [2.05, 4.69) is 161 Å². The number of hydrogen-bond acceptors (Lipinski definition) is 3. The number of benzene rings is 8. The van der Waals surface area contributed by atoms with E-state index in [0.717, 1.165) is 66.2 Å². The second kappa shape index (κ2) is 10.6. The van der Waals surface area contributed by atoms with Crippen LogP contribution in [-0.2, 0) is 0 Å². The lowest BCUT2D eigenvalue weighted by molar-refractivity contribution is 0.669. The van der Waals surface area contributed by atoms with Gasteiger partial charge in [0, 0.05) is 49.0 Å². The highest BCUT2D eigenvalue weighted by atomic mass is 16.3. The van der Waals surface area contributed by atoms with E-state index in [1.54, 1.807) is 0 Å². The van der Waals surface area contributed by atoms with E-state index in [9.17, 15) is 0 Å². The van der Waals surface area contributed by atoms with Crippen LogP contribution in [0.25, 0.3) is 110 Å². The van der Waals surface area contributed by atoms with Crippen molar-refractivity contribution in [2.75, 3.05) is 0 Å². The van der Waals surface area contributed by atoms with Crippen LogP contribution in [0.3, 0.4) is 0 Å². The van der Waals surface area contributed by atoms with Crippen LogP contribution in [0.5, 0.6) is 0 Å². The molecule has 0 amide bonds. The van der Waals surface area contributed by atoms with Crippen LogP contribution in [0.4, 0.5) is 0 Å². The van der Waals surface area contributed by atoms with Crippen LogP contribution in [-0.4, -0.2) is 19.1 Å². The minimum Gasteiger partial charge on any atom is -0.456 e. The highest BCUT2D eigenvalue weighted by Crippen LogP contribution is 2.40. The molecular formula is C48H28N4O. The molecule has 4 heterocycles. The first-order valence-corrected chi connectivity index (χ1v) is 17.9. The smallest absolute Gasteiger partial charge is 0.235 e. The van der Waals surface area contributed by atoms with E-state index in [1.807, 2.05) is 18.2 Å². The highest BCUT2D eigenvalue weighted by molar-refractivity contribution is 6.21. The molecule has 0 saturated heterocycles. The molecule has 5 heteroatoms. The van der Waals surface area contributed by atoms with Gasteiger partial charge in [0.05, 0.1) is 33.3 Å². The van der Waals surface area contributed by atoms with Gasteiger partial charge < -0.3 is 8.98 Å². The van der Waals surface area contributed by atoms with E-state index in [0.29, 0.717) is 5.95 Å². The Labute approximate surface area is 302 Å². The molecule has 0 fully saturated rings. The number of aromatic nitrogens is 4. The summed E-state index contributed by atoms with van der Waals surface area (Å²) in [6.45, 7) is 0. The average molecular weight is 677 g/mol. The van der Waals surface area contributed by atoms with Crippen molar-refractivity contribution in [3.05, 3.63) is 170 Å². The molecule has 12 rings (SSSR count). The maximum atomic E-state index is 6.34. The molecule has 0 radical (unpaired) electrons. The van der Waals surface area contributed by atoms with Crippen molar-refractivity contribution in [1.82, 2.24) is 19.1 Å². The van der Waals surface area contributed by atoms with Crippen molar-refractivity contribution in [2.45, 2.75) is 0 Å². The van der Waals surface area contributed by atoms with E-state index in [1.165, 1.54) is 38.0 Å². The Hall–Kier alpha value is -7.24. The molecule has 8 aromatic carbocycles. The monoisotopic (exact) mass is 676 g/mol. The quantitative estimate of drug-likeness (QED) is 0.187. The van der Waals surface area contributed by atoms with Gasteiger partial charge in [-0.05, 0) is 65.4 Å². The van der Waals surface area contributed by atoms with Crippen LogP contribution < -0.4 is 0 Å². The van der Waals surface area contributed by atoms with Crippen LogP contribution in [0, 0.1) is 0 Å². The first-order chi connectivity index (χ1) is 26.3. The summed E-state index contributed by atoms with van der Waals surface area (Å²) < 4.78 is 11.0. The molecule has 0 bridgehead atoms. The summed E-state index contributed by atoms with van der Waals surface area (Å²) in [6, 6.07) is 60.1. The fourth-order valence-electron chi connectivity index (χ4n) is 8.59. The molecule has 12 aromatic rings. The van der Waals surface area contributed by atoms with Crippen molar-refractivity contribution in [1.29, 1.82) is 0 Å². The molecule has 0 saturated carbocycles. The number of para-hydroxylation sites is 4. The third kappa shape index (κ3) is 4.02. The summed E-state index contributed by atoms with van der Waals surface area (Å²) >= 11 is 0. The van der Waals surface area contributed by atoms with Gasteiger partial charge >= 0.3 is 0 Å². The number of furan rings is 1. The lowest BCUT2D eigenvalue weighted by Crippen LogP contribution is -2.04. The van der Waals surface area contributed by atoms with E-state index in [-0.39, 0.29) is 0 Å². The largest absolute Gasteiger partial charge is 0.456 e. The lowest BCUT2D eigenvalue weighted by Gasteiger charge is -2.13. The Morgan fingerprint density at radius 1 is 0.396 bits per heavy atom. The van der Waals surface area contributed by atoms with E-state index in [4.69, 9.17) is 14.4 Å². The molecule has 0 atom stereocenters. The number of rotatable bonds is 3. The second-order valence-corrected chi connectivity index (χ2v) is 13.8. The minimum absolute atomic E-state index is 0.623. The van der Waals surface area contributed by atoms with E-state index >= 15 is 0 Å².